The quantitative estimate of drug-likeness (QED) is 0.758. The number of hydrogen-bond acceptors (Lipinski definition) is 3. The number of Topliss-reactive ketones (excluding diaryl/α,β-unsaturated/α-hetero) is 1. The molecule has 0 aromatic heterocycles. The van der Waals surface area contributed by atoms with Gasteiger partial charge in [0.25, 0.3) is 0 Å². The number of sulfone groups is 1. The summed E-state index contributed by atoms with van der Waals surface area (Å²) in [5.74, 6) is -0.733. The number of carbonyl (C=O) groups excluding carboxylic acids is 1. The topological polar surface area (TPSA) is 51.2 Å². The Bertz CT molecular complexity index is 540. The summed E-state index contributed by atoms with van der Waals surface area (Å²) in [5, 5.41) is 0.0540. The van der Waals surface area contributed by atoms with E-state index in [-0.39, 0.29) is 40.7 Å². The Morgan fingerprint density at radius 2 is 2.06 bits per heavy atom. The maximum Gasteiger partial charge on any atom is 0.164 e. The lowest BCUT2D eigenvalue weighted by atomic mass is 10.1. The predicted octanol–water partition coefficient (Wildman–Crippen LogP) is 2.88. The molecule has 0 spiro atoms. The van der Waals surface area contributed by atoms with Crippen molar-refractivity contribution in [3.8, 4) is 0 Å². The first-order valence-corrected chi connectivity index (χ1v) is 7.74. The van der Waals surface area contributed by atoms with Crippen molar-refractivity contribution in [3.63, 3.8) is 0 Å². The molecule has 1 rings (SSSR count). The highest BCUT2D eigenvalue weighted by molar-refractivity contribution is 7.91. The lowest BCUT2D eigenvalue weighted by Gasteiger charge is -2.04. The van der Waals surface area contributed by atoms with Crippen LogP contribution in [0.25, 0.3) is 0 Å². The Morgan fingerprint density at radius 3 is 2.61 bits per heavy atom. The third kappa shape index (κ3) is 4.38. The molecule has 0 aliphatic rings. The first kappa shape index (κ1) is 15.1. The number of rotatable bonds is 6. The second-order valence-electron chi connectivity index (χ2n) is 3.89. The zero-order chi connectivity index (χ0) is 13.8. The molecule has 100 valence electrons. The Labute approximate surface area is 111 Å². The molecular weight excluding hydrogens is 279 g/mol. The average molecular weight is 293 g/mol. The van der Waals surface area contributed by atoms with Crippen LogP contribution < -0.4 is 0 Å². The molecule has 0 amide bonds. The van der Waals surface area contributed by atoms with Crippen LogP contribution in [0.1, 0.15) is 30.1 Å². The SMILES string of the molecule is CCS(=O)(=O)CCCC(=O)c1ccc(F)cc1Cl. The minimum Gasteiger partial charge on any atom is -0.294 e. The third-order valence-corrected chi connectivity index (χ3v) is 4.63. The van der Waals surface area contributed by atoms with Gasteiger partial charge >= 0.3 is 0 Å². The van der Waals surface area contributed by atoms with Crippen molar-refractivity contribution in [1.82, 2.24) is 0 Å². The summed E-state index contributed by atoms with van der Waals surface area (Å²) < 4.78 is 35.3. The van der Waals surface area contributed by atoms with E-state index in [2.05, 4.69) is 0 Å². The Kier molecular flexibility index (Phi) is 5.28. The second-order valence-corrected chi connectivity index (χ2v) is 6.77. The van der Waals surface area contributed by atoms with Crippen LogP contribution in [0.15, 0.2) is 18.2 Å². The smallest absolute Gasteiger partial charge is 0.164 e. The summed E-state index contributed by atoms with van der Waals surface area (Å²) in [7, 11) is -3.06. The number of ketones is 1. The van der Waals surface area contributed by atoms with Crippen LogP contribution >= 0.6 is 11.6 Å². The van der Waals surface area contributed by atoms with Gasteiger partial charge < -0.3 is 0 Å². The van der Waals surface area contributed by atoms with Gasteiger partial charge in [-0.3, -0.25) is 4.79 Å². The van der Waals surface area contributed by atoms with E-state index in [0.717, 1.165) is 12.1 Å². The summed E-state index contributed by atoms with van der Waals surface area (Å²) in [5.41, 5.74) is 0.229. The molecule has 1 aromatic carbocycles. The first-order valence-electron chi connectivity index (χ1n) is 5.54. The zero-order valence-electron chi connectivity index (χ0n) is 9.95. The van der Waals surface area contributed by atoms with Gasteiger partial charge in [0.15, 0.2) is 5.78 Å². The lowest BCUT2D eigenvalue weighted by Crippen LogP contribution is -2.10. The standard InChI is InChI=1S/C12H14ClFO3S/c1-2-18(16,17)7-3-4-12(15)10-6-5-9(14)8-11(10)13/h5-6,8H,2-4,7H2,1H3. The second kappa shape index (κ2) is 6.29. The number of hydrogen-bond donors (Lipinski definition) is 0. The maximum atomic E-state index is 12.8. The summed E-state index contributed by atoms with van der Waals surface area (Å²) in [6.07, 6.45) is 0.341. The lowest BCUT2D eigenvalue weighted by molar-refractivity contribution is 0.0982. The van der Waals surface area contributed by atoms with Crippen LogP contribution in [0.4, 0.5) is 4.39 Å². The molecule has 0 atom stereocenters. The van der Waals surface area contributed by atoms with Crippen molar-refractivity contribution < 1.29 is 17.6 Å². The van der Waals surface area contributed by atoms with Gasteiger partial charge in [0, 0.05) is 17.7 Å². The van der Waals surface area contributed by atoms with E-state index in [1.54, 1.807) is 6.92 Å². The molecule has 0 bridgehead atoms. The molecule has 0 heterocycles. The van der Waals surface area contributed by atoms with E-state index in [0.29, 0.717) is 0 Å². The van der Waals surface area contributed by atoms with Gasteiger partial charge in [0.1, 0.15) is 15.7 Å². The Morgan fingerprint density at radius 1 is 1.39 bits per heavy atom. The van der Waals surface area contributed by atoms with Gasteiger partial charge in [-0.25, -0.2) is 12.8 Å². The van der Waals surface area contributed by atoms with Crippen molar-refractivity contribution in [2.45, 2.75) is 19.8 Å². The first-order chi connectivity index (χ1) is 8.35. The van der Waals surface area contributed by atoms with E-state index >= 15 is 0 Å². The molecule has 0 aliphatic heterocycles. The van der Waals surface area contributed by atoms with E-state index < -0.39 is 15.7 Å². The molecule has 0 saturated carbocycles. The molecule has 18 heavy (non-hydrogen) atoms. The third-order valence-electron chi connectivity index (χ3n) is 2.53. The highest BCUT2D eigenvalue weighted by Crippen LogP contribution is 2.19. The largest absolute Gasteiger partial charge is 0.294 e. The van der Waals surface area contributed by atoms with E-state index in [9.17, 15) is 17.6 Å². The van der Waals surface area contributed by atoms with Gasteiger partial charge in [-0.1, -0.05) is 18.5 Å². The van der Waals surface area contributed by atoms with Crippen molar-refractivity contribution in [2.75, 3.05) is 11.5 Å². The summed E-state index contributed by atoms with van der Waals surface area (Å²) in [6, 6.07) is 3.54. The van der Waals surface area contributed by atoms with Crippen LogP contribution in [0.2, 0.25) is 5.02 Å². The van der Waals surface area contributed by atoms with Crippen LogP contribution in [0, 0.1) is 5.82 Å². The van der Waals surface area contributed by atoms with Gasteiger partial charge in [-0.15, -0.1) is 0 Å². The minimum atomic E-state index is -3.06. The highest BCUT2D eigenvalue weighted by Gasteiger charge is 2.13. The molecule has 0 aliphatic carbocycles. The number of carbonyl (C=O) groups is 1. The van der Waals surface area contributed by atoms with Crippen LogP contribution in [-0.4, -0.2) is 25.7 Å². The molecule has 0 fully saturated rings. The number of benzene rings is 1. The fourth-order valence-corrected chi connectivity index (χ4v) is 2.59. The summed E-state index contributed by atoms with van der Waals surface area (Å²) in [4.78, 5) is 11.7. The molecule has 6 heteroatoms. The van der Waals surface area contributed by atoms with E-state index in [1.165, 1.54) is 6.07 Å². The summed E-state index contributed by atoms with van der Waals surface area (Å²) in [6.45, 7) is 1.56. The van der Waals surface area contributed by atoms with E-state index in [1.807, 2.05) is 0 Å². The van der Waals surface area contributed by atoms with Crippen LogP contribution in [0.5, 0.6) is 0 Å². The van der Waals surface area contributed by atoms with Gasteiger partial charge in [0.2, 0.25) is 0 Å². The zero-order valence-corrected chi connectivity index (χ0v) is 11.5. The average Bonchev–Trinajstić information content (AvgIpc) is 2.28. The fraction of sp³-hybridized carbons (Fsp3) is 0.417. The van der Waals surface area contributed by atoms with Gasteiger partial charge in [-0.05, 0) is 24.6 Å². The van der Waals surface area contributed by atoms with Crippen molar-refractivity contribution in [1.29, 1.82) is 0 Å². The normalized spacial score (nSPS) is 11.5. The molecule has 0 radical (unpaired) electrons. The highest BCUT2D eigenvalue weighted by atomic mass is 35.5. The van der Waals surface area contributed by atoms with Crippen molar-refractivity contribution in [2.24, 2.45) is 0 Å². The predicted molar refractivity (Wildman–Crippen MR) is 69.3 cm³/mol. The van der Waals surface area contributed by atoms with Gasteiger partial charge in [-0.2, -0.15) is 0 Å². The van der Waals surface area contributed by atoms with Crippen molar-refractivity contribution in [3.05, 3.63) is 34.6 Å². The molecule has 0 unspecified atom stereocenters. The summed E-state index contributed by atoms with van der Waals surface area (Å²) >= 11 is 5.74. The molecule has 0 saturated heterocycles. The Hall–Kier alpha value is -0.940. The number of halogens is 2. The molecular formula is C12H14ClFO3S. The van der Waals surface area contributed by atoms with Crippen LogP contribution in [0.3, 0.4) is 0 Å². The van der Waals surface area contributed by atoms with Crippen molar-refractivity contribution >= 4 is 27.2 Å². The molecule has 0 N–H and O–H groups in total. The fourth-order valence-electron chi connectivity index (χ4n) is 1.45. The minimum absolute atomic E-state index is 0.0198. The van der Waals surface area contributed by atoms with Crippen LogP contribution in [-0.2, 0) is 9.84 Å². The Balaban J connectivity index is 2.61. The van der Waals surface area contributed by atoms with Gasteiger partial charge in [0.05, 0.1) is 10.8 Å². The van der Waals surface area contributed by atoms with E-state index in [4.69, 9.17) is 11.6 Å². The molecule has 1 aromatic rings. The molecule has 3 nitrogen and oxygen atoms in total. The maximum absolute atomic E-state index is 12.8. The monoisotopic (exact) mass is 292 g/mol.